The zero-order chi connectivity index (χ0) is 17.0. The van der Waals surface area contributed by atoms with Crippen molar-refractivity contribution in [1.82, 2.24) is 9.88 Å². The Bertz CT molecular complexity index is 733. The van der Waals surface area contributed by atoms with Crippen LogP contribution in [-0.4, -0.2) is 46.1 Å². The number of carboxylic acid groups (broad SMARTS) is 1. The van der Waals surface area contributed by atoms with E-state index in [1.54, 1.807) is 38.2 Å². The van der Waals surface area contributed by atoms with Gasteiger partial charge in [-0.25, -0.2) is 0 Å². The van der Waals surface area contributed by atoms with E-state index in [2.05, 4.69) is 4.98 Å². The maximum absolute atomic E-state index is 12.2. The molecule has 1 aromatic carbocycles. The Hall–Kier alpha value is -2.34. The first-order valence-corrected chi connectivity index (χ1v) is 7.45. The molecule has 0 spiro atoms. The van der Waals surface area contributed by atoms with Gasteiger partial charge in [-0.05, 0) is 38.1 Å². The van der Waals surface area contributed by atoms with Crippen molar-refractivity contribution in [2.45, 2.75) is 19.9 Å². The van der Waals surface area contributed by atoms with Gasteiger partial charge < -0.3 is 14.7 Å². The second-order valence-corrected chi connectivity index (χ2v) is 5.65. The first-order valence-electron chi connectivity index (χ1n) is 7.07. The number of ether oxygens (including phenoxy) is 1. The molecule has 0 aliphatic rings. The van der Waals surface area contributed by atoms with E-state index in [0.29, 0.717) is 16.3 Å². The average Bonchev–Trinajstić information content (AvgIpc) is 2.51. The number of benzene rings is 1. The highest BCUT2D eigenvalue weighted by Gasteiger charge is 2.20. The minimum absolute atomic E-state index is 0.234. The smallest absolute Gasteiger partial charge is 0.323 e. The van der Waals surface area contributed by atoms with Crippen molar-refractivity contribution in [3.05, 3.63) is 35.5 Å². The Balaban J connectivity index is 2.16. The minimum Gasteiger partial charge on any atom is -0.481 e. The van der Waals surface area contributed by atoms with Crippen molar-refractivity contribution in [1.29, 1.82) is 0 Å². The van der Waals surface area contributed by atoms with Crippen molar-refractivity contribution in [2.24, 2.45) is 0 Å². The normalized spacial score (nSPS) is 10.8. The number of carbonyl (C=O) groups is 2. The van der Waals surface area contributed by atoms with Gasteiger partial charge in [0, 0.05) is 17.6 Å². The maximum Gasteiger partial charge on any atom is 0.323 e. The molecule has 0 radical (unpaired) electrons. The van der Waals surface area contributed by atoms with Gasteiger partial charge in [-0.3, -0.25) is 14.6 Å². The summed E-state index contributed by atoms with van der Waals surface area (Å²) in [6.45, 7) is 2.87. The van der Waals surface area contributed by atoms with Gasteiger partial charge in [-0.2, -0.15) is 0 Å². The second kappa shape index (κ2) is 7.28. The van der Waals surface area contributed by atoms with E-state index in [9.17, 15) is 9.59 Å². The van der Waals surface area contributed by atoms with E-state index in [-0.39, 0.29) is 19.2 Å². The number of carboxylic acids is 1. The topological polar surface area (TPSA) is 79.7 Å². The van der Waals surface area contributed by atoms with Crippen molar-refractivity contribution in [3.8, 4) is 5.75 Å². The number of carbonyl (C=O) groups excluding carboxylic acids is 1. The number of nitrogens with zero attached hydrogens (tertiary/aromatic N) is 2. The quantitative estimate of drug-likeness (QED) is 0.877. The Labute approximate surface area is 138 Å². The SMILES string of the molecule is CC(C)N(CC(=O)O)C(=O)COc1ccc(Cl)c2cccnc12. The molecule has 1 heterocycles. The van der Waals surface area contributed by atoms with Crippen LogP contribution in [0, 0.1) is 0 Å². The maximum atomic E-state index is 12.2. The molecule has 6 nitrogen and oxygen atoms in total. The molecule has 1 aromatic heterocycles. The number of fused-ring (bicyclic) bond motifs is 1. The summed E-state index contributed by atoms with van der Waals surface area (Å²) in [5.41, 5.74) is 0.558. The standard InChI is InChI=1S/C16H17ClN2O4/c1-10(2)19(8-15(21)22)14(20)9-23-13-6-5-12(17)11-4-3-7-18-16(11)13/h3-7,10H,8-9H2,1-2H3,(H,21,22). The summed E-state index contributed by atoms with van der Waals surface area (Å²) in [4.78, 5) is 28.5. The van der Waals surface area contributed by atoms with Crippen LogP contribution >= 0.6 is 11.6 Å². The zero-order valence-electron chi connectivity index (χ0n) is 12.8. The fourth-order valence-corrected chi connectivity index (χ4v) is 2.37. The van der Waals surface area contributed by atoms with Crippen LogP contribution in [-0.2, 0) is 9.59 Å². The van der Waals surface area contributed by atoms with Gasteiger partial charge in [0.05, 0.1) is 5.02 Å². The lowest BCUT2D eigenvalue weighted by Crippen LogP contribution is -2.43. The lowest BCUT2D eigenvalue weighted by atomic mass is 10.2. The van der Waals surface area contributed by atoms with Gasteiger partial charge in [0.25, 0.3) is 5.91 Å². The molecule has 0 aliphatic carbocycles. The van der Waals surface area contributed by atoms with Crippen LogP contribution in [0.5, 0.6) is 5.75 Å². The molecule has 23 heavy (non-hydrogen) atoms. The summed E-state index contributed by atoms with van der Waals surface area (Å²) in [6, 6.07) is 6.65. The number of amides is 1. The van der Waals surface area contributed by atoms with Crippen LogP contribution in [0.15, 0.2) is 30.5 Å². The molecule has 0 bridgehead atoms. The van der Waals surface area contributed by atoms with Crippen LogP contribution in [0.3, 0.4) is 0 Å². The largest absolute Gasteiger partial charge is 0.481 e. The second-order valence-electron chi connectivity index (χ2n) is 5.24. The monoisotopic (exact) mass is 336 g/mol. The molecule has 2 aromatic rings. The summed E-state index contributed by atoms with van der Waals surface area (Å²) >= 11 is 6.11. The Morgan fingerprint density at radius 1 is 1.35 bits per heavy atom. The molecule has 122 valence electrons. The van der Waals surface area contributed by atoms with Crippen LogP contribution in [0.1, 0.15) is 13.8 Å². The van der Waals surface area contributed by atoms with Gasteiger partial charge in [-0.15, -0.1) is 0 Å². The molecule has 0 atom stereocenters. The van der Waals surface area contributed by atoms with E-state index < -0.39 is 11.9 Å². The lowest BCUT2D eigenvalue weighted by Gasteiger charge is -2.24. The van der Waals surface area contributed by atoms with Crippen molar-refractivity contribution >= 4 is 34.4 Å². The predicted octanol–water partition coefficient (Wildman–Crippen LogP) is 2.59. The summed E-state index contributed by atoms with van der Waals surface area (Å²) in [6.07, 6.45) is 1.61. The highest BCUT2D eigenvalue weighted by molar-refractivity contribution is 6.35. The summed E-state index contributed by atoms with van der Waals surface area (Å²) in [5, 5.41) is 10.1. The molecule has 0 saturated heterocycles. The molecule has 0 unspecified atom stereocenters. The predicted molar refractivity (Wildman–Crippen MR) is 86.7 cm³/mol. The van der Waals surface area contributed by atoms with E-state index in [4.69, 9.17) is 21.4 Å². The van der Waals surface area contributed by atoms with Crippen LogP contribution < -0.4 is 4.74 Å². The van der Waals surface area contributed by atoms with Crippen molar-refractivity contribution in [3.63, 3.8) is 0 Å². The average molecular weight is 337 g/mol. The van der Waals surface area contributed by atoms with Gasteiger partial charge >= 0.3 is 5.97 Å². The van der Waals surface area contributed by atoms with Gasteiger partial charge in [-0.1, -0.05) is 11.6 Å². The number of rotatable bonds is 6. The third-order valence-electron chi connectivity index (χ3n) is 3.28. The zero-order valence-corrected chi connectivity index (χ0v) is 13.6. The molecule has 1 N–H and O–H groups in total. The van der Waals surface area contributed by atoms with Crippen LogP contribution in [0.4, 0.5) is 0 Å². The molecule has 2 rings (SSSR count). The number of hydrogen-bond donors (Lipinski definition) is 1. The minimum atomic E-state index is -1.06. The Kier molecular flexibility index (Phi) is 5.39. The van der Waals surface area contributed by atoms with Gasteiger partial charge in [0.15, 0.2) is 6.61 Å². The van der Waals surface area contributed by atoms with E-state index >= 15 is 0 Å². The first-order chi connectivity index (χ1) is 10.9. The first kappa shape index (κ1) is 17.0. The molecular formula is C16H17ClN2O4. The van der Waals surface area contributed by atoms with Crippen molar-refractivity contribution in [2.75, 3.05) is 13.2 Å². The Morgan fingerprint density at radius 3 is 2.74 bits per heavy atom. The lowest BCUT2D eigenvalue weighted by molar-refractivity contribution is -0.146. The Morgan fingerprint density at radius 2 is 2.09 bits per heavy atom. The fourth-order valence-electron chi connectivity index (χ4n) is 2.16. The number of aromatic nitrogens is 1. The molecule has 0 saturated carbocycles. The number of halogens is 1. The number of pyridine rings is 1. The van der Waals surface area contributed by atoms with Crippen molar-refractivity contribution < 1.29 is 19.4 Å². The van der Waals surface area contributed by atoms with E-state index in [0.717, 1.165) is 5.39 Å². The molecule has 0 aliphatic heterocycles. The number of aliphatic carboxylic acids is 1. The number of hydrogen-bond acceptors (Lipinski definition) is 4. The van der Waals surface area contributed by atoms with Gasteiger partial charge in [0.2, 0.25) is 0 Å². The molecule has 1 amide bonds. The fraction of sp³-hybridized carbons (Fsp3) is 0.312. The van der Waals surface area contributed by atoms with Crippen LogP contribution in [0.25, 0.3) is 10.9 Å². The summed E-state index contributed by atoms with van der Waals surface area (Å²) in [7, 11) is 0. The molecule has 0 fully saturated rings. The molecule has 7 heteroatoms. The third kappa shape index (κ3) is 4.10. The highest BCUT2D eigenvalue weighted by Crippen LogP contribution is 2.29. The summed E-state index contributed by atoms with van der Waals surface area (Å²) in [5.74, 6) is -1.04. The summed E-state index contributed by atoms with van der Waals surface area (Å²) < 4.78 is 5.54. The highest BCUT2D eigenvalue weighted by atomic mass is 35.5. The van der Waals surface area contributed by atoms with Crippen LogP contribution in [0.2, 0.25) is 5.02 Å². The third-order valence-corrected chi connectivity index (χ3v) is 3.61. The van der Waals surface area contributed by atoms with E-state index in [1.807, 2.05) is 6.07 Å². The molecular weight excluding hydrogens is 320 g/mol. The van der Waals surface area contributed by atoms with E-state index in [1.165, 1.54) is 4.90 Å². The van der Waals surface area contributed by atoms with Gasteiger partial charge in [0.1, 0.15) is 17.8 Å².